The van der Waals surface area contributed by atoms with Crippen LogP contribution in [0.1, 0.15) is 49.2 Å². The van der Waals surface area contributed by atoms with Gasteiger partial charge < -0.3 is 19.3 Å². The minimum absolute atomic E-state index is 0.415. The topological polar surface area (TPSA) is 81.1 Å². The Morgan fingerprint density at radius 2 is 2.10 bits per heavy atom. The Morgan fingerprint density at radius 1 is 1.33 bits per heavy atom. The van der Waals surface area contributed by atoms with E-state index in [1.807, 2.05) is 58.0 Å². The van der Waals surface area contributed by atoms with Crippen molar-refractivity contribution in [3.05, 3.63) is 58.9 Å². The molecule has 30 heavy (non-hydrogen) atoms. The van der Waals surface area contributed by atoms with Gasteiger partial charge in [0.05, 0.1) is 0 Å². The average molecular weight is 415 g/mol. The molecule has 7 heteroatoms. The number of hydrogen-bond donors (Lipinski definition) is 1. The molecule has 3 rings (SSSR count). The van der Waals surface area contributed by atoms with Crippen LogP contribution in [0.3, 0.4) is 0 Å². The predicted octanol–water partition coefficient (Wildman–Crippen LogP) is 3.77. The molecule has 0 bridgehead atoms. The molecule has 2 atom stereocenters. The summed E-state index contributed by atoms with van der Waals surface area (Å²) in [6.07, 6.45) is 0.753. The van der Waals surface area contributed by atoms with E-state index in [1.165, 1.54) is 12.0 Å². The highest BCUT2D eigenvalue weighted by molar-refractivity contribution is 5.69. The lowest BCUT2D eigenvalue weighted by atomic mass is 9.92. The summed E-state index contributed by atoms with van der Waals surface area (Å²) in [5.74, 6) is 0.730. The fourth-order valence-electron chi connectivity index (χ4n) is 3.52. The van der Waals surface area contributed by atoms with Gasteiger partial charge in [-0.15, -0.1) is 0 Å². The molecule has 7 nitrogen and oxygen atoms in total. The SMILES string of the molecule is CO[C@H](O)[C@H]1c2ccc(OCc3cccnc3C)cc2CCN1C(=O)OC(C)(C)C. The maximum atomic E-state index is 12.7. The molecule has 1 aromatic heterocycles. The number of fused-ring (bicyclic) bond motifs is 1. The fraction of sp³-hybridized carbons (Fsp3) is 0.478. The van der Waals surface area contributed by atoms with E-state index >= 15 is 0 Å². The van der Waals surface area contributed by atoms with Crippen molar-refractivity contribution in [2.75, 3.05) is 13.7 Å². The summed E-state index contributed by atoms with van der Waals surface area (Å²) in [4.78, 5) is 18.5. The quantitative estimate of drug-likeness (QED) is 0.750. The number of aliphatic hydroxyl groups is 1. The maximum absolute atomic E-state index is 12.7. The molecule has 2 aromatic rings. The lowest BCUT2D eigenvalue weighted by molar-refractivity contribution is -0.128. The van der Waals surface area contributed by atoms with Gasteiger partial charge in [0.25, 0.3) is 0 Å². The maximum Gasteiger partial charge on any atom is 0.410 e. The number of carbonyl (C=O) groups excluding carboxylic acids is 1. The number of methoxy groups -OCH3 is 1. The van der Waals surface area contributed by atoms with Crippen LogP contribution in [0.5, 0.6) is 5.75 Å². The molecule has 1 N–H and O–H groups in total. The number of aromatic nitrogens is 1. The number of carbonyl (C=O) groups is 1. The Kier molecular flexibility index (Phi) is 6.63. The highest BCUT2D eigenvalue weighted by atomic mass is 16.6. The van der Waals surface area contributed by atoms with Gasteiger partial charge >= 0.3 is 6.09 Å². The van der Waals surface area contributed by atoms with Crippen molar-refractivity contribution in [1.82, 2.24) is 9.88 Å². The fourth-order valence-corrected chi connectivity index (χ4v) is 3.52. The van der Waals surface area contributed by atoms with Crippen molar-refractivity contribution < 1.29 is 24.1 Å². The highest BCUT2D eigenvalue weighted by Gasteiger charge is 2.38. The van der Waals surface area contributed by atoms with Crippen molar-refractivity contribution in [3.63, 3.8) is 0 Å². The zero-order valence-corrected chi connectivity index (χ0v) is 18.2. The third kappa shape index (κ3) is 5.09. The first-order valence-electron chi connectivity index (χ1n) is 10.1. The van der Waals surface area contributed by atoms with E-state index in [9.17, 15) is 9.90 Å². The molecule has 0 saturated carbocycles. The minimum Gasteiger partial charge on any atom is -0.489 e. The van der Waals surface area contributed by atoms with E-state index in [4.69, 9.17) is 14.2 Å². The molecule has 1 aliphatic heterocycles. The predicted molar refractivity (Wildman–Crippen MR) is 112 cm³/mol. The molecule has 0 fully saturated rings. The first-order chi connectivity index (χ1) is 14.2. The molecule has 162 valence electrons. The van der Waals surface area contributed by atoms with Crippen molar-refractivity contribution in [3.8, 4) is 5.75 Å². The summed E-state index contributed by atoms with van der Waals surface area (Å²) in [5.41, 5.74) is 3.18. The van der Waals surface area contributed by atoms with Crippen LogP contribution in [0.15, 0.2) is 36.5 Å². The Balaban J connectivity index is 1.81. The monoisotopic (exact) mass is 414 g/mol. The van der Waals surface area contributed by atoms with Gasteiger partial charge in [-0.3, -0.25) is 9.88 Å². The molecule has 0 radical (unpaired) electrons. The molecule has 0 aliphatic carbocycles. The summed E-state index contributed by atoms with van der Waals surface area (Å²) < 4.78 is 16.7. The van der Waals surface area contributed by atoms with Gasteiger partial charge in [0, 0.05) is 31.1 Å². The Bertz CT molecular complexity index is 893. The zero-order valence-electron chi connectivity index (χ0n) is 18.2. The van der Waals surface area contributed by atoms with E-state index in [2.05, 4.69) is 4.98 Å². The van der Waals surface area contributed by atoms with E-state index < -0.39 is 24.0 Å². The van der Waals surface area contributed by atoms with Crippen molar-refractivity contribution in [2.45, 2.75) is 58.7 Å². The summed E-state index contributed by atoms with van der Waals surface area (Å²) >= 11 is 0. The van der Waals surface area contributed by atoms with Gasteiger partial charge in [0.1, 0.15) is 24.0 Å². The van der Waals surface area contributed by atoms with Gasteiger partial charge in [-0.1, -0.05) is 12.1 Å². The summed E-state index contributed by atoms with van der Waals surface area (Å²) in [5, 5.41) is 10.5. The number of ether oxygens (including phenoxy) is 3. The average Bonchev–Trinajstić information content (AvgIpc) is 2.70. The zero-order chi connectivity index (χ0) is 21.9. The Morgan fingerprint density at radius 3 is 2.77 bits per heavy atom. The number of aliphatic hydroxyl groups excluding tert-OH is 1. The molecule has 0 spiro atoms. The normalized spacial score (nSPS) is 17.3. The van der Waals surface area contributed by atoms with Gasteiger partial charge in [-0.2, -0.15) is 0 Å². The highest BCUT2D eigenvalue weighted by Crippen LogP contribution is 2.35. The van der Waals surface area contributed by atoms with E-state index in [0.717, 1.165) is 28.1 Å². The van der Waals surface area contributed by atoms with Gasteiger partial charge in [0.15, 0.2) is 6.29 Å². The van der Waals surface area contributed by atoms with Crippen molar-refractivity contribution in [1.29, 1.82) is 0 Å². The number of aryl methyl sites for hydroxylation is 1. The molecule has 1 amide bonds. The summed E-state index contributed by atoms with van der Waals surface area (Å²) in [6, 6.07) is 8.92. The largest absolute Gasteiger partial charge is 0.489 e. The van der Waals surface area contributed by atoms with Gasteiger partial charge in [-0.05, 0) is 63.4 Å². The van der Waals surface area contributed by atoms with E-state index in [-0.39, 0.29) is 0 Å². The van der Waals surface area contributed by atoms with Crippen LogP contribution in [0, 0.1) is 6.92 Å². The number of pyridine rings is 1. The Labute approximate surface area is 177 Å². The van der Waals surface area contributed by atoms with Gasteiger partial charge in [0.2, 0.25) is 0 Å². The second-order valence-electron chi connectivity index (χ2n) is 8.39. The van der Waals surface area contributed by atoms with Crippen molar-refractivity contribution in [2.24, 2.45) is 0 Å². The lowest BCUT2D eigenvalue weighted by Gasteiger charge is -2.39. The molecule has 0 saturated heterocycles. The summed E-state index contributed by atoms with van der Waals surface area (Å²) in [7, 11) is 1.42. The van der Waals surface area contributed by atoms with Crippen LogP contribution in [0.2, 0.25) is 0 Å². The second kappa shape index (κ2) is 9.02. The molecule has 1 aliphatic rings. The first kappa shape index (κ1) is 22.1. The number of nitrogens with zero attached hydrogens (tertiary/aromatic N) is 2. The number of hydrogen-bond acceptors (Lipinski definition) is 6. The number of benzene rings is 1. The van der Waals surface area contributed by atoms with E-state index in [0.29, 0.717) is 19.6 Å². The van der Waals surface area contributed by atoms with Crippen LogP contribution < -0.4 is 4.74 Å². The van der Waals surface area contributed by atoms with E-state index in [1.54, 1.807) is 6.20 Å². The van der Waals surface area contributed by atoms with Crippen LogP contribution in [-0.4, -0.2) is 46.6 Å². The van der Waals surface area contributed by atoms with Gasteiger partial charge in [-0.25, -0.2) is 4.79 Å². The van der Waals surface area contributed by atoms with Crippen LogP contribution in [-0.2, 0) is 22.5 Å². The number of amides is 1. The second-order valence-corrected chi connectivity index (χ2v) is 8.39. The minimum atomic E-state index is -1.17. The molecular weight excluding hydrogens is 384 g/mol. The molecule has 1 aromatic carbocycles. The van der Waals surface area contributed by atoms with Crippen molar-refractivity contribution >= 4 is 6.09 Å². The lowest BCUT2D eigenvalue weighted by Crippen LogP contribution is -2.47. The summed E-state index contributed by atoms with van der Waals surface area (Å²) in [6.45, 7) is 8.24. The first-order valence-corrected chi connectivity index (χ1v) is 10.1. The molecule has 0 unspecified atom stereocenters. The van der Waals surface area contributed by atoms with Crippen LogP contribution in [0.25, 0.3) is 0 Å². The molecular formula is C23H30N2O5. The number of rotatable bonds is 5. The standard InChI is InChI=1S/C23H30N2O5/c1-15-17(7-6-11-24-15)14-29-18-8-9-19-16(13-18)10-12-25(20(19)21(26)28-5)22(27)30-23(2,3)4/h6-9,11,13,20-21,26H,10,12,14H2,1-5H3/t20-,21+/m1/s1. The smallest absolute Gasteiger partial charge is 0.410 e. The van der Waals surface area contributed by atoms with Crippen LogP contribution in [0.4, 0.5) is 4.79 Å². The molecule has 2 heterocycles. The Hall–Kier alpha value is -2.64. The third-order valence-corrected chi connectivity index (χ3v) is 5.04. The van der Waals surface area contributed by atoms with Crippen LogP contribution >= 0.6 is 0 Å². The third-order valence-electron chi connectivity index (χ3n) is 5.04.